The summed E-state index contributed by atoms with van der Waals surface area (Å²) in [6.45, 7) is 10.4. The number of aryl methyl sites for hydroxylation is 1. The third-order valence-electron chi connectivity index (χ3n) is 5.33. The minimum Gasteiger partial charge on any atom is -0.399 e. The molecule has 0 bridgehead atoms. The largest absolute Gasteiger partial charge is 0.494 e. The number of fused-ring (bicyclic) bond motifs is 1. The lowest BCUT2D eigenvalue weighted by molar-refractivity contribution is 0.00578. The van der Waals surface area contributed by atoms with Crippen molar-refractivity contribution in [3.63, 3.8) is 0 Å². The summed E-state index contributed by atoms with van der Waals surface area (Å²) in [7, 11) is -0.307. The van der Waals surface area contributed by atoms with Gasteiger partial charge in [-0.25, -0.2) is 0 Å². The highest BCUT2D eigenvalue weighted by atomic mass is 16.7. The predicted molar refractivity (Wildman–Crippen MR) is 88.5 cm³/mol. The van der Waals surface area contributed by atoms with E-state index in [0.717, 1.165) is 11.2 Å². The van der Waals surface area contributed by atoms with Crippen LogP contribution in [0.2, 0.25) is 0 Å². The summed E-state index contributed by atoms with van der Waals surface area (Å²) in [4.78, 5) is 0. The first-order chi connectivity index (χ1) is 10.3. The molecule has 116 valence electrons. The summed E-state index contributed by atoms with van der Waals surface area (Å²) >= 11 is 0. The maximum absolute atomic E-state index is 6.16. The summed E-state index contributed by atoms with van der Waals surface area (Å²) < 4.78 is 14.5. The Morgan fingerprint density at radius 3 is 2.36 bits per heavy atom. The summed E-state index contributed by atoms with van der Waals surface area (Å²) in [5, 5.41) is 5.92. The Bertz CT molecular complexity index is 730. The smallest absolute Gasteiger partial charge is 0.399 e. The average Bonchev–Trinajstić information content (AvgIpc) is 3.18. The van der Waals surface area contributed by atoms with Crippen molar-refractivity contribution in [2.45, 2.75) is 64.7 Å². The number of aromatic nitrogens is 2. The summed E-state index contributed by atoms with van der Waals surface area (Å²) in [5.41, 5.74) is 2.77. The maximum Gasteiger partial charge on any atom is 0.494 e. The summed E-state index contributed by atoms with van der Waals surface area (Å²) in [6.07, 6.45) is 2.49. The monoisotopic (exact) mass is 298 g/mol. The lowest BCUT2D eigenvalue weighted by atomic mass is 9.78. The zero-order valence-electron chi connectivity index (χ0n) is 14.0. The fraction of sp³-hybridized carbons (Fsp3) is 0.588. The van der Waals surface area contributed by atoms with E-state index in [2.05, 4.69) is 57.5 Å². The van der Waals surface area contributed by atoms with Crippen molar-refractivity contribution < 1.29 is 9.31 Å². The molecule has 1 aliphatic heterocycles. The number of hydrogen-bond donors (Lipinski definition) is 0. The standard InChI is InChI=1S/C17H23BN2O2/c1-11-14-10-12(18-21-16(2,3)17(4,5)22-18)6-9-15(14)20(19-11)13-7-8-13/h6,9-10,13H,7-8H2,1-5H3. The van der Waals surface area contributed by atoms with Gasteiger partial charge in [0.1, 0.15) is 0 Å². The van der Waals surface area contributed by atoms with Crippen molar-refractivity contribution in [1.29, 1.82) is 0 Å². The molecule has 1 aromatic carbocycles. The second kappa shape index (κ2) is 4.36. The zero-order chi connectivity index (χ0) is 15.7. The van der Waals surface area contributed by atoms with Crippen LogP contribution in [0.15, 0.2) is 18.2 Å². The lowest BCUT2D eigenvalue weighted by Crippen LogP contribution is -2.41. The van der Waals surface area contributed by atoms with Crippen LogP contribution in [0.5, 0.6) is 0 Å². The molecule has 2 aliphatic rings. The molecule has 1 aromatic heterocycles. The van der Waals surface area contributed by atoms with E-state index in [1.807, 2.05) is 0 Å². The van der Waals surface area contributed by atoms with Gasteiger partial charge in [0.25, 0.3) is 0 Å². The topological polar surface area (TPSA) is 36.3 Å². The molecule has 1 saturated carbocycles. The molecule has 22 heavy (non-hydrogen) atoms. The minimum atomic E-state index is -0.307. The first-order valence-corrected chi connectivity index (χ1v) is 8.13. The van der Waals surface area contributed by atoms with Crippen molar-refractivity contribution >= 4 is 23.5 Å². The van der Waals surface area contributed by atoms with Gasteiger partial charge in [-0.3, -0.25) is 4.68 Å². The van der Waals surface area contributed by atoms with E-state index in [1.165, 1.54) is 23.7 Å². The molecule has 1 aliphatic carbocycles. The van der Waals surface area contributed by atoms with E-state index >= 15 is 0 Å². The van der Waals surface area contributed by atoms with Gasteiger partial charge in [-0.05, 0) is 59.0 Å². The minimum absolute atomic E-state index is 0.306. The van der Waals surface area contributed by atoms with Crippen LogP contribution in [-0.2, 0) is 9.31 Å². The van der Waals surface area contributed by atoms with Crippen LogP contribution < -0.4 is 5.46 Å². The molecule has 0 spiro atoms. The molecule has 2 fully saturated rings. The zero-order valence-corrected chi connectivity index (χ0v) is 14.0. The van der Waals surface area contributed by atoms with Crippen LogP contribution >= 0.6 is 0 Å². The molecule has 2 heterocycles. The lowest BCUT2D eigenvalue weighted by Gasteiger charge is -2.32. The second-order valence-electron chi connectivity index (χ2n) is 7.63. The molecule has 1 saturated heterocycles. The third-order valence-corrected chi connectivity index (χ3v) is 5.33. The molecule has 5 heteroatoms. The fourth-order valence-corrected chi connectivity index (χ4v) is 3.04. The molecular formula is C17H23BN2O2. The molecule has 0 N–H and O–H groups in total. The molecule has 0 atom stereocenters. The summed E-state index contributed by atoms with van der Waals surface area (Å²) in [6, 6.07) is 7.05. The Morgan fingerprint density at radius 2 is 1.77 bits per heavy atom. The van der Waals surface area contributed by atoms with Gasteiger partial charge in [0.2, 0.25) is 0 Å². The molecule has 0 unspecified atom stereocenters. The molecule has 4 rings (SSSR count). The van der Waals surface area contributed by atoms with Gasteiger partial charge in [-0.15, -0.1) is 0 Å². The van der Waals surface area contributed by atoms with E-state index in [9.17, 15) is 0 Å². The molecule has 2 aromatic rings. The Morgan fingerprint density at radius 1 is 1.14 bits per heavy atom. The Labute approximate surface area is 131 Å². The number of nitrogens with zero attached hydrogens (tertiary/aromatic N) is 2. The molecular weight excluding hydrogens is 275 g/mol. The molecule has 4 nitrogen and oxygen atoms in total. The highest BCUT2D eigenvalue weighted by molar-refractivity contribution is 6.62. The van der Waals surface area contributed by atoms with Crippen LogP contribution in [0.3, 0.4) is 0 Å². The molecule has 0 amide bonds. The highest BCUT2D eigenvalue weighted by Gasteiger charge is 2.51. The number of rotatable bonds is 2. The first kappa shape index (κ1) is 14.3. The van der Waals surface area contributed by atoms with E-state index in [-0.39, 0.29) is 18.3 Å². The van der Waals surface area contributed by atoms with E-state index in [4.69, 9.17) is 14.4 Å². The number of benzene rings is 1. The second-order valence-corrected chi connectivity index (χ2v) is 7.63. The van der Waals surface area contributed by atoms with E-state index in [1.54, 1.807) is 0 Å². The van der Waals surface area contributed by atoms with Crippen molar-refractivity contribution in [1.82, 2.24) is 9.78 Å². The first-order valence-electron chi connectivity index (χ1n) is 8.13. The predicted octanol–water partition coefficient (Wildman–Crippen LogP) is 2.98. The van der Waals surface area contributed by atoms with Crippen molar-refractivity contribution in [3.8, 4) is 0 Å². The fourth-order valence-electron chi connectivity index (χ4n) is 3.04. The van der Waals surface area contributed by atoms with Gasteiger partial charge in [0.05, 0.1) is 28.5 Å². The van der Waals surface area contributed by atoms with Crippen LogP contribution in [0.1, 0.15) is 52.3 Å². The van der Waals surface area contributed by atoms with Gasteiger partial charge in [-0.2, -0.15) is 5.10 Å². The van der Waals surface area contributed by atoms with E-state index < -0.39 is 0 Å². The van der Waals surface area contributed by atoms with Gasteiger partial charge in [0.15, 0.2) is 0 Å². The van der Waals surface area contributed by atoms with Crippen LogP contribution in [0.25, 0.3) is 10.9 Å². The quantitative estimate of drug-likeness (QED) is 0.800. The van der Waals surface area contributed by atoms with Crippen molar-refractivity contribution in [2.75, 3.05) is 0 Å². The number of hydrogen-bond acceptors (Lipinski definition) is 3. The molecule has 0 radical (unpaired) electrons. The van der Waals surface area contributed by atoms with Crippen molar-refractivity contribution in [2.24, 2.45) is 0 Å². The van der Waals surface area contributed by atoms with Gasteiger partial charge in [0, 0.05) is 5.39 Å². The van der Waals surface area contributed by atoms with Crippen LogP contribution in [0.4, 0.5) is 0 Å². The van der Waals surface area contributed by atoms with Crippen LogP contribution in [0, 0.1) is 6.92 Å². The average molecular weight is 298 g/mol. The normalized spacial score (nSPS) is 23.4. The Hall–Kier alpha value is -1.33. The summed E-state index contributed by atoms with van der Waals surface area (Å²) in [5.74, 6) is 0. The van der Waals surface area contributed by atoms with Gasteiger partial charge < -0.3 is 9.31 Å². The Balaban J connectivity index is 1.73. The van der Waals surface area contributed by atoms with E-state index in [0.29, 0.717) is 6.04 Å². The van der Waals surface area contributed by atoms with Crippen molar-refractivity contribution in [3.05, 3.63) is 23.9 Å². The van der Waals surface area contributed by atoms with Gasteiger partial charge >= 0.3 is 7.12 Å². The van der Waals surface area contributed by atoms with Crippen LogP contribution in [-0.4, -0.2) is 28.1 Å². The maximum atomic E-state index is 6.16. The highest BCUT2D eigenvalue weighted by Crippen LogP contribution is 2.38. The SMILES string of the molecule is Cc1nn(C2CC2)c2ccc(B3OC(C)(C)C(C)(C)O3)cc12. The van der Waals surface area contributed by atoms with Gasteiger partial charge in [-0.1, -0.05) is 12.1 Å². The third kappa shape index (κ3) is 2.03. The Kier molecular flexibility index (Phi) is 2.83.